The van der Waals surface area contributed by atoms with Crippen LogP contribution in [0.5, 0.6) is 0 Å². The molecule has 2 fully saturated rings. The molecule has 0 bridgehead atoms. The van der Waals surface area contributed by atoms with Crippen LogP contribution in [-0.2, 0) is 4.79 Å². The van der Waals surface area contributed by atoms with Crippen LogP contribution < -0.4 is 4.90 Å². The Morgan fingerprint density at radius 3 is 2.73 bits per heavy atom. The van der Waals surface area contributed by atoms with Crippen LogP contribution in [0.1, 0.15) is 54.6 Å². The van der Waals surface area contributed by atoms with E-state index in [0.717, 1.165) is 21.9 Å². The quantitative estimate of drug-likeness (QED) is 0.414. The predicted molar refractivity (Wildman–Crippen MR) is 125 cm³/mol. The summed E-state index contributed by atoms with van der Waals surface area (Å²) in [5.41, 5.74) is 0.866. The molecular weight excluding hydrogens is 442 g/mol. The number of thiazole rings is 1. The molecule has 3 unspecified atom stereocenters. The van der Waals surface area contributed by atoms with Gasteiger partial charge >= 0.3 is 0 Å². The molecule has 0 N–H and O–H groups in total. The Kier molecular flexibility index (Phi) is 6.61. The van der Waals surface area contributed by atoms with Crippen molar-refractivity contribution in [2.24, 2.45) is 5.92 Å². The van der Waals surface area contributed by atoms with Gasteiger partial charge in [-0.15, -0.1) is 11.3 Å². The van der Waals surface area contributed by atoms with Gasteiger partial charge in [-0.1, -0.05) is 31.2 Å². The molecule has 8 heteroatoms. The van der Waals surface area contributed by atoms with E-state index in [9.17, 15) is 18.8 Å². The summed E-state index contributed by atoms with van der Waals surface area (Å²) < 4.78 is 29.0. The second-order valence-electron chi connectivity index (χ2n) is 8.30. The lowest BCUT2D eigenvalue weighted by Crippen LogP contribution is -2.49. The monoisotopic (exact) mass is 468 g/mol. The molecule has 0 spiro atoms. The molecule has 0 aliphatic carbocycles. The summed E-state index contributed by atoms with van der Waals surface area (Å²) in [7, 11) is 0. The lowest BCUT2D eigenvalue weighted by molar-refractivity contribution is -0.124. The van der Waals surface area contributed by atoms with Crippen LogP contribution in [-0.4, -0.2) is 28.4 Å². The van der Waals surface area contributed by atoms with Crippen molar-refractivity contribution in [2.45, 2.75) is 52.1 Å². The Balaban J connectivity index is 1.63. The van der Waals surface area contributed by atoms with Crippen molar-refractivity contribution in [1.82, 2.24) is 9.88 Å². The number of benzene rings is 1. The van der Waals surface area contributed by atoms with Crippen LogP contribution >= 0.6 is 11.3 Å². The molecule has 4 rings (SSSR count). The average molecular weight is 469 g/mol. The SMILES string of the molecule is CC=C(C=CCC)c1nc(N2CCC3C(CC(c4c(F)cccc4F)N3C#N)C2=O)c(C)s1. The number of anilines is 1. The van der Waals surface area contributed by atoms with Crippen molar-refractivity contribution >= 4 is 28.6 Å². The van der Waals surface area contributed by atoms with Gasteiger partial charge in [0.25, 0.3) is 0 Å². The molecule has 2 aliphatic rings. The van der Waals surface area contributed by atoms with E-state index in [-0.39, 0.29) is 23.9 Å². The van der Waals surface area contributed by atoms with E-state index in [1.807, 2.05) is 26.0 Å². The van der Waals surface area contributed by atoms with Gasteiger partial charge in [-0.3, -0.25) is 14.6 Å². The number of hydrogen-bond donors (Lipinski definition) is 0. The second kappa shape index (κ2) is 9.44. The first-order chi connectivity index (χ1) is 15.9. The first-order valence-electron chi connectivity index (χ1n) is 11.1. The number of allylic oxidation sites excluding steroid dienone is 4. The first-order valence-corrected chi connectivity index (χ1v) is 12.0. The van der Waals surface area contributed by atoms with Crippen molar-refractivity contribution in [3.05, 3.63) is 63.5 Å². The fraction of sp³-hybridized carbons (Fsp3) is 0.400. The molecule has 2 aromatic rings. The minimum Gasteiger partial charge on any atom is -0.299 e. The normalized spacial score (nSPS) is 23.3. The van der Waals surface area contributed by atoms with Crippen LogP contribution in [0.4, 0.5) is 14.6 Å². The van der Waals surface area contributed by atoms with Gasteiger partial charge in [-0.2, -0.15) is 5.26 Å². The number of halogens is 2. The molecule has 1 amide bonds. The fourth-order valence-corrected chi connectivity index (χ4v) is 5.82. The third-order valence-corrected chi connectivity index (χ3v) is 7.44. The maximum atomic E-state index is 14.5. The van der Waals surface area contributed by atoms with Gasteiger partial charge in [-0.05, 0) is 45.2 Å². The second-order valence-corrected chi connectivity index (χ2v) is 9.50. The molecule has 3 atom stereocenters. The molecule has 1 aromatic carbocycles. The minimum absolute atomic E-state index is 0.139. The Labute approximate surface area is 196 Å². The zero-order valence-corrected chi connectivity index (χ0v) is 19.7. The number of carbonyl (C=O) groups excluding carboxylic acids is 1. The van der Waals surface area contributed by atoms with E-state index >= 15 is 0 Å². The fourth-order valence-electron chi connectivity index (χ4n) is 4.85. The molecule has 5 nitrogen and oxygen atoms in total. The highest BCUT2D eigenvalue weighted by atomic mass is 32.1. The van der Waals surface area contributed by atoms with E-state index < -0.39 is 23.6 Å². The van der Waals surface area contributed by atoms with Gasteiger partial charge < -0.3 is 0 Å². The van der Waals surface area contributed by atoms with E-state index in [1.54, 1.807) is 4.90 Å². The van der Waals surface area contributed by atoms with E-state index in [4.69, 9.17) is 4.98 Å². The third kappa shape index (κ3) is 4.06. The number of aryl methyl sites for hydroxylation is 1. The Hall–Kier alpha value is -3.05. The highest BCUT2D eigenvalue weighted by molar-refractivity contribution is 7.13. The number of amides is 1. The first kappa shape index (κ1) is 23.1. The topological polar surface area (TPSA) is 60.2 Å². The molecule has 3 heterocycles. The Morgan fingerprint density at radius 1 is 1.36 bits per heavy atom. The van der Waals surface area contributed by atoms with E-state index in [0.29, 0.717) is 18.8 Å². The summed E-state index contributed by atoms with van der Waals surface area (Å²) in [4.78, 5) is 22.3. The number of piperidine rings is 1. The largest absolute Gasteiger partial charge is 0.299 e. The van der Waals surface area contributed by atoms with Gasteiger partial charge in [-0.25, -0.2) is 13.8 Å². The standard InChI is InChI=1S/C25H26F2N4OS/c1-4-6-8-16(5-2)24-29-23(15(3)33-24)30-12-11-20-17(25(30)32)13-21(31(20)14-28)22-18(26)9-7-10-19(22)27/h5-10,17,20-21H,4,11-13H2,1-3H3. The Bertz CT molecular complexity index is 1150. The maximum Gasteiger partial charge on any atom is 0.233 e. The van der Waals surface area contributed by atoms with Gasteiger partial charge in [0.05, 0.1) is 18.0 Å². The maximum absolute atomic E-state index is 14.5. The lowest BCUT2D eigenvalue weighted by Gasteiger charge is -2.35. The van der Waals surface area contributed by atoms with Crippen LogP contribution in [0, 0.1) is 35.9 Å². The van der Waals surface area contributed by atoms with Gasteiger partial charge in [0.15, 0.2) is 6.19 Å². The van der Waals surface area contributed by atoms with E-state index in [2.05, 4.69) is 19.2 Å². The number of nitrogens with zero attached hydrogens (tertiary/aromatic N) is 4. The summed E-state index contributed by atoms with van der Waals surface area (Å²) in [6.07, 6.45) is 9.85. The third-order valence-electron chi connectivity index (χ3n) is 6.43. The van der Waals surface area contributed by atoms with Gasteiger partial charge in [0.1, 0.15) is 22.5 Å². The molecular formula is C25H26F2N4OS. The summed E-state index contributed by atoms with van der Waals surface area (Å²) >= 11 is 1.54. The van der Waals surface area contributed by atoms with Crippen molar-refractivity contribution in [1.29, 1.82) is 5.26 Å². The zero-order chi connectivity index (χ0) is 23.7. The molecule has 33 heavy (non-hydrogen) atoms. The van der Waals surface area contributed by atoms with Crippen LogP contribution in [0.25, 0.3) is 5.57 Å². The van der Waals surface area contributed by atoms with Crippen molar-refractivity contribution in [3.8, 4) is 6.19 Å². The number of carbonyl (C=O) groups is 1. The van der Waals surface area contributed by atoms with Crippen molar-refractivity contribution in [2.75, 3.05) is 11.4 Å². The molecule has 0 radical (unpaired) electrons. The summed E-state index contributed by atoms with van der Waals surface area (Å²) in [6.45, 7) is 6.38. The smallest absolute Gasteiger partial charge is 0.233 e. The number of likely N-dealkylation sites (tertiary alicyclic amines) is 1. The molecule has 2 saturated heterocycles. The van der Waals surface area contributed by atoms with Crippen molar-refractivity contribution < 1.29 is 13.6 Å². The molecule has 172 valence electrons. The minimum atomic E-state index is -0.795. The highest BCUT2D eigenvalue weighted by Crippen LogP contribution is 2.46. The lowest BCUT2D eigenvalue weighted by atomic mass is 9.90. The van der Waals surface area contributed by atoms with Gasteiger partial charge in [0.2, 0.25) is 5.91 Å². The number of hydrogen-bond acceptors (Lipinski definition) is 5. The average Bonchev–Trinajstić information content (AvgIpc) is 3.35. The number of rotatable bonds is 5. The Morgan fingerprint density at radius 2 is 2.09 bits per heavy atom. The molecule has 1 aromatic heterocycles. The van der Waals surface area contributed by atoms with Crippen molar-refractivity contribution in [3.63, 3.8) is 0 Å². The predicted octanol–water partition coefficient (Wildman–Crippen LogP) is 5.75. The van der Waals surface area contributed by atoms with Crippen LogP contribution in [0.3, 0.4) is 0 Å². The highest BCUT2D eigenvalue weighted by Gasteiger charge is 2.50. The number of aromatic nitrogens is 1. The molecule has 0 saturated carbocycles. The van der Waals surface area contributed by atoms with Crippen LogP contribution in [0.15, 0.2) is 36.4 Å². The van der Waals surface area contributed by atoms with Crippen LogP contribution in [0.2, 0.25) is 0 Å². The summed E-state index contributed by atoms with van der Waals surface area (Å²) in [5.74, 6) is -1.42. The summed E-state index contributed by atoms with van der Waals surface area (Å²) in [6, 6.07) is 2.51. The zero-order valence-electron chi connectivity index (χ0n) is 18.9. The number of fused-ring (bicyclic) bond motifs is 1. The number of nitriles is 1. The summed E-state index contributed by atoms with van der Waals surface area (Å²) in [5, 5.41) is 10.6. The van der Waals surface area contributed by atoms with E-state index in [1.165, 1.54) is 34.4 Å². The van der Waals surface area contributed by atoms with Gasteiger partial charge in [0, 0.05) is 22.6 Å². The molecule has 2 aliphatic heterocycles.